The van der Waals surface area contributed by atoms with E-state index < -0.39 is 5.97 Å². The lowest BCUT2D eigenvalue weighted by Crippen LogP contribution is -2.27. The van der Waals surface area contributed by atoms with Crippen LogP contribution in [0.3, 0.4) is 0 Å². The summed E-state index contributed by atoms with van der Waals surface area (Å²) in [7, 11) is 0. The molecule has 2 aromatic heterocycles. The first-order valence-electron chi connectivity index (χ1n) is 6.66. The lowest BCUT2D eigenvalue weighted by Gasteiger charge is -2.03. The van der Waals surface area contributed by atoms with Crippen molar-refractivity contribution in [3.63, 3.8) is 0 Å². The number of amides is 2. The summed E-state index contributed by atoms with van der Waals surface area (Å²) in [6.07, 6.45) is 0. The third-order valence-corrected chi connectivity index (χ3v) is 4.43. The maximum absolute atomic E-state index is 11.5. The number of anilines is 1. The van der Waals surface area contributed by atoms with Gasteiger partial charge in [-0.2, -0.15) is 0 Å². The highest BCUT2D eigenvalue weighted by molar-refractivity contribution is 7.17. The zero-order chi connectivity index (χ0) is 16.8. The maximum atomic E-state index is 11.5. The number of esters is 1. The normalized spacial score (nSPS) is 10.2. The standard InChI is InChI=1S/C14H15N3O4S2/c1-8(18)16-14-17-11(7-22-14)12-4-3-10(23-12)5-15-13(20)6-21-9(2)19/h3-4,7H,5-6H2,1-2H3,(H,15,20)(H,16,17,18). The lowest BCUT2D eigenvalue weighted by atomic mass is 10.3. The van der Waals surface area contributed by atoms with Gasteiger partial charge in [-0.3, -0.25) is 14.4 Å². The van der Waals surface area contributed by atoms with E-state index in [2.05, 4.69) is 20.4 Å². The summed E-state index contributed by atoms with van der Waals surface area (Å²) >= 11 is 2.85. The fourth-order valence-corrected chi connectivity index (χ4v) is 3.35. The molecule has 0 fully saturated rings. The van der Waals surface area contributed by atoms with Gasteiger partial charge < -0.3 is 15.4 Å². The van der Waals surface area contributed by atoms with E-state index in [0.717, 1.165) is 15.4 Å². The molecular weight excluding hydrogens is 338 g/mol. The predicted molar refractivity (Wildman–Crippen MR) is 88.2 cm³/mol. The molecule has 0 aliphatic heterocycles. The monoisotopic (exact) mass is 353 g/mol. The van der Waals surface area contributed by atoms with Crippen molar-refractivity contribution in [2.75, 3.05) is 11.9 Å². The molecule has 0 bridgehead atoms. The van der Waals surface area contributed by atoms with Crippen LogP contribution < -0.4 is 10.6 Å². The Kier molecular flexibility index (Phi) is 5.83. The van der Waals surface area contributed by atoms with Crippen LogP contribution in [-0.4, -0.2) is 29.4 Å². The zero-order valence-electron chi connectivity index (χ0n) is 12.5. The number of nitrogens with one attached hydrogen (secondary N) is 2. The fourth-order valence-electron chi connectivity index (χ4n) is 1.61. The van der Waals surface area contributed by atoms with Gasteiger partial charge in [-0.1, -0.05) is 0 Å². The van der Waals surface area contributed by atoms with Crippen molar-refractivity contribution in [1.29, 1.82) is 0 Å². The van der Waals surface area contributed by atoms with Crippen LogP contribution in [0.25, 0.3) is 10.6 Å². The van der Waals surface area contributed by atoms with Gasteiger partial charge >= 0.3 is 5.97 Å². The van der Waals surface area contributed by atoms with E-state index in [0.29, 0.717) is 11.7 Å². The van der Waals surface area contributed by atoms with E-state index in [9.17, 15) is 14.4 Å². The van der Waals surface area contributed by atoms with Gasteiger partial charge in [-0.05, 0) is 12.1 Å². The van der Waals surface area contributed by atoms with Crippen molar-refractivity contribution >= 4 is 45.6 Å². The maximum Gasteiger partial charge on any atom is 0.303 e. The molecule has 23 heavy (non-hydrogen) atoms. The summed E-state index contributed by atoms with van der Waals surface area (Å²) in [5.74, 6) is -0.998. The minimum absolute atomic E-state index is 0.159. The van der Waals surface area contributed by atoms with Gasteiger partial charge in [0.25, 0.3) is 5.91 Å². The third kappa shape index (κ3) is 5.46. The van der Waals surface area contributed by atoms with Gasteiger partial charge in [-0.25, -0.2) is 4.98 Å². The largest absolute Gasteiger partial charge is 0.456 e. The van der Waals surface area contributed by atoms with E-state index >= 15 is 0 Å². The number of carbonyl (C=O) groups excluding carboxylic acids is 3. The quantitative estimate of drug-likeness (QED) is 0.774. The van der Waals surface area contributed by atoms with E-state index in [1.54, 1.807) is 0 Å². The van der Waals surface area contributed by atoms with Gasteiger partial charge in [0.05, 0.1) is 17.1 Å². The average Bonchev–Trinajstić information content (AvgIpc) is 3.11. The van der Waals surface area contributed by atoms with Gasteiger partial charge in [0, 0.05) is 24.1 Å². The Bertz CT molecular complexity index is 723. The van der Waals surface area contributed by atoms with Crippen LogP contribution in [0.15, 0.2) is 17.5 Å². The summed E-state index contributed by atoms with van der Waals surface area (Å²) in [5, 5.41) is 7.72. The molecule has 122 valence electrons. The molecule has 0 atom stereocenters. The topological polar surface area (TPSA) is 97.4 Å². The van der Waals surface area contributed by atoms with Crippen LogP contribution in [0.5, 0.6) is 0 Å². The van der Waals surface area contributed by atoms with Crippen LogP contribution in [-0.2, 0) is 25.7 Å². The molecule has 0 spiro atoms. The number of thiazole rings is 1. The minimum atomic E-state index is -0.489. The molecule has 7 nitrogen and oxygen atoms in total. The van der Waals surface area contributed by atoms with E-state index in [-0.39, 0.29) is 18.4 Å². The van der Waals surface area contributed by atoms with Crippen LogP contribution in [0.4, 0.5) is 5.13 Å². The van der Waals surface area contributed by atoms with Crippen LogP contribution in [0, 0.1) is 0 Å². The Morgan fingerprint density at radius 3 is 2.74 bits per heavy atom. The second-order valence-corrected chi connectivity index (χ2v) is 6.57. The van der Waals surface area contributed by atoms with Crippen molar-refractivity contribution in [3.8, 4) is 10.6 Å². The molecule has 0 unspecified atom stereocenters. The molecule has 0 aliphatic rings. The predicted octanol–water partition coefficient (Wildman–Crippen LogP) is 2.01. The van der Waals surface area contributed by atoms with Gasteiger partial charge in [0.2, 0.25) is 5.91 Å². The number of nitrogens with zero attached hydrogens (tertiary/aromatic N) is 1. The first kappa shape index (κ1) is 17.1. The minimum Gasteiger partial charge on any atom is -0.456 e. The van der Waals surface area contributed by atoms with Crippen LogP contribution in [0.1, 0.15) is 18.7 Å². The molecule has 0 aromatic carbocycles. The molecule has 0 radical (unpaired) electrons. The molecule has 2 rings (SSSR count). The fraction of sp³-hybridized carbons (Fsp3) is 0.286. The highest BCUT2D eigenvalue weighted by Gasteiger charge is 2.09. The molecular formula is C14H15N3O4S2. The first-order chi connectivity index (χ1) is 10.9. The summed E-state index contributed by atoms with van der Waals surface area (Å²) in [4.78, 5) is 39.3. The number of carbonyl (C=O) groups is 3. The van der Waals surface area contributed by atoms with Gasteiger partial charge in [0.15, 0.2) is 11.7 Å². The Labute approximate surface area is 140 Å². The van der Waals surface area contributed by atoms with Gasteiger partial charge in [0.1, 0.15) is 0 Å². The molecule has 2 heterocycles. The van der Waals surface area contributed by atoms with Gasteiger partial charge in [-0.15, -0.1) is 22.7 Å². The second kappa shape index (κ2) is 7.84. The molecule has 0 saturated carbocycles. The number of aromatic nitrogens is 1. The van der Waals surface area contributed by atoms with Crippen molar-refractivity contribution in [1.82, 2.24) is 10.3 Å². The number of ether oxygens (including phenoxy) is 1. The zero-order valence-corrected chi connectivity index (χ0v) is 14.2. The molecule has 9 heteroatoms. The Morgan fingerprint density at radius 2 is 2.04 bits per heavy atom. The van der Waals surface area contributed by atoms with E-state index in [1.807, 2.05) is 17.5 Å². The SMILES string of the molecule is CC(=O)Nc1nc(-c2ccc(CNC(=O)COC(C)=O)s2)cs1. The number of hydrogen-bond acceptors (Lipinski definition) is 7. The molecule has 0 aliphatic carbocycles. The molecule has 0 saturated heterocycles. The van der Waals surface area contributed by atoms with Crippen molar-refractivity contribution in [2.45, 2.75) is 20.4 Å². The highest BCUT2D eigenvalue weighted by Crippen LogP contribution is 2.30. The summed E-state index contributed by atoms with van der Waals surface area (Å²) in [5.41, 5.74) is 0.779. The van der Waals surface area contributed by atoms with Crippen molar-refractivity contribution < 1.29 is 19.1 Å². The van der Waals surface area contributed by atoms with Crippen LogP contribution in [0.2, 0.25) is 0 Å². The summed E-state index contributed by atoms with van der Waals surface area (Å²) < 4.78 is 4.61. The molecule has 2 N–H and O–H groups in total. The highest BCUT2D eigenvalue weighted by atomic mass is 32.1. The number of hydrogen-bond donors (Lipinski definition) is 2. The van der Waals surface area contributed by atoms with E-state index in [1.165, 1.54) is 36.5 Å². The lowest BCUT2D eigenvalue weighted by molar-refractivity contribution is -0.146. The third-order valence-electron chi connectivity index (χ3n) is 2.57. The summed E-state index contributed by atoms with van der Waals surface area (Å²) in [6.45, 7) is 2.76. The van der Waals surface area contributed by atoms with E-state index in [4.69, 9.17) is 0 Å². The Balaban J connectivity index is 1.90. The summed E-state index contributed by atoms with van der Waals surface area (Å²) in [6, 6.07) is 3.80. The Hall–Kier alpha value is -2.26. The second-order valence-electron chi connectivity index (χ2n) is 4.54. The van der Waals surface area contributed by atoms with Crippen molar-refractivity contribution in [2.24, 2.45) is 0 Å². The number of rotatable bonds is 6. The average molecular weight is 353 g/mol. The Morgan fingerprint density at radius 1 is 1.26 bits per heavy atom. The first-order valence-corrected chi connectivity index (χ1v) is 8.36. The van der Waals surface area contributed by atoms with Crippen LogP contribution >= 0.6 is 22.7 Å². The smallest absolute Gasteiger partial charge is 0.303 e. The number of thiophene rings is 1. The van der Waals surface area contributed by atoms with Crippen molar-refractivity contribution in [3.05, 3.63) is 22.4 Å². The molecule has 2 aromatic rings. The molecule has 2 amide bonds.